The van der Waals surface area contributed by atoms with Crippen molar-refractivity contribution in [2.75, 3.05) is 13.1 Å². The fraction of sp³-hybridized carbons (Fsp3) is 0.440. The molecule has 0 radical (unpaired) electrons. The third kappa shape index (κ3) is 6.04. The molecule has 15 heteroatoms. The quantitative estimate of drug-likeness (QED) is 0.367. The number of Topliss-reactive ketones (excluding diaryl/α,β-unsaturated/α-hetero) is 1. The van der Waals surface area contributed by atoms with E-state index in [9.17, 15) is 41.2 Å². The molecular formula is C25H27F3N4O7S. The first-order valence-corrected chi connectivity index (χ1v) is 13.8. The Morgan fingerprint density at radius 3 is 2.45 bits per heavy atom. The van der Waals surface area contributed by atoms with Crippen LogP contribution in [0.2, 0.25) is 0 Å². The molecule has 0 aliphatic carbocycles. The van der Waals surface area contributed by atoms with Crippen molar-refractivity contribution in [3.05, 3.63) is 59.4 Å². The molecule has 3 atom stereocenters. The van der Waals surface area contributed by atoms with Crippen LogP contribution < -0.4 is 14.8 Å². The first-order chi connectivity index (χ1) is 18.7. The van der Waals surface area contributed by atoms with E-state index in [4.69, 9.17) is 0 Å². The van der Waals surface area contributed by atoms with Gasteiger partial charge in [0, 0.05) is 24.2 Å². The molecule has 40 heavy (non-hydrogen) atoms. The molecular weight excluding hydrogens is 557 g/mol. The van der Waals surface area contributed by atoms with Gasteiger partial charge in [-0.15, -0.1) is 13.2 Å². The van der Waals surface area contributed by atoms with E-state index in [2.05, 4.69) is 10.1 Å². The van der Waals surface area contributed by atoms with Gasteiger partial charge in [0.05, 0.1) is 12.6 Å². The Morgan fingerprint density at radius 2 is 1.85 bits per heavy atom. The summed E-state index contributed by atoms with van der Waals surface area (Å²) in [6.07, 6.45) is -3.53. The lowest BCUT2D eigenvalue weighted by molar-refractivity contribution is -0.646. The number of pyridine rings is 1. The van der Waals surface area contributed by atoms with E-state index >= 15 is 0 Å². The lowest BCUT2D eigenvalue weighted by Crippen LogP contribution is -2.53. The summed E-state index contributed by atoms with van der Waals surface area (Å²) < 4.78 is 68.7. The molecule has 2 aliphatic heterocycles. The number of aromatic nitrogens is 1. The number of nitrogens with one attached hydrogen (secondary N) is 1. The SMILES string of the molecule is CC(C)CC(NC(=O)c1ccc(OC(F)(F)F)cc1)C(=O)N1CCC2C1C(=O)CN2S(=O)(=O)c1cccc[n+]1[O-]. The van der Waals surface area contributed by atoms with Crippen molar-refractivity contribution in [2.24, 2.45) is 5.92 Å². The number of sulfonamides is 1. The number of ketones is 1. The highest BCUT2D eigenvalue weighted by Gasteiger charge is 2.55. The molecule has 2 fully saturated rings. The van der Waals surface area contributed by atoms with Crippen LogP contribution in [0.5, 0.6) is 5.75 Å². The Bertz CT molecular complexity index is 1400. The Kier molecular flexibility index (Phi) is 8.08. The smallest absolute Gasteiger partial charge is 0.573 e. The van der Waals surface area contributed by atoms with Crippen LogP contribution in [0.1, 0.15) is 37.0 Å². The fourth-order valence-corrected chi connectivity index (χ4v) is 6.67. The molecule has 0 spiro atoms. The van der Waals surface area contributed by atoms with Crippen LogP contribution in [0.25, 0.3) is 0 Å². The van der Waals surface area contributed by atoms with E-state index in [-0.39, 0.29) is 35.6 Å². The topological polar surface area (TPSA) is 140 Å². The minimum Gasteiger partial charge on any atom is -0.618 e. The van der Waals surface area contributed by atoms with Crippen LogP contribution in [0.3, 0.4) is 0 Å². The number of alkyl halides is 3. The van der Waals surface area contributed by atoms with E-state index in [1.54, 1.807) is 0 Å². The van der Waals surface area contributed by atoms with Crippen LogP contribution in [0.4, 0.5) is 13.2 Å². The summed E-state index contributed by atoms with van der Waals surface area (Å²) in [7, 11) is -4.34. The van der Waals surface area contributed by atoms with Crippen LogP contribution in [-0.2, 0) is 19.6 Å². The molecule has 1 aromatic carbocycles. The van der Waals surface area contributed by atoms with Crippen molar-refractivity contribution in [3.63, 3.8) is 0 Å². The first kappa shape index (κ1) is 29.3. The van der Waals surface area contributed by atoms with Crippen LogP contribution in [0.15, 0.2) is 53.7 Å². The molecule has 2 aromatic rings. The minimum absolute atomic E-state index is 0.0154. The van der Waals surface area contributed by atoms with Gasteiger partial charge in [0.25, 0.3) is 5.91 Å². The largest absolute Gasteiger partial charge is 0.618 e. The second-order valence-corrected chi connectivity index (χ2v) is 11.8. The molecule has 2 aliphatic rings. The molecule has 1 aromatic heterocycles. The van der Waals surface area contributed by atoms with Crippen molar-refractivity contribution in [3.8, 4) is 5.75 Å². The highest BCUT2D eigenvalue weighted by molar-refractivity contribution is 7.89. The minimum atomic E-state index is -4.89. The van der Waals surface area contributed by atoms with Gasteiger partial charge in [0.2, 0.25) is 5.91 Å². The van der Waals surface area contributed by atoms with Crippen molar-refractivity contribution in [2.45, 2.75) is 56.2 Å². The number of amides is 2. The lowest BCUT2D eigenvalue weighted by Gasteiger charge is -2.29. The third-order valence-corrected chi connectivity index (χ3v) is 8.54. The Labute approximate surface area is 228 Å². The van der Waals surface area contributed by atoms with Crippen molar-refractivity contribution in [1.29, 1.82) is 0 Å². The normalized spacial score (nSPS) is 20.4. The number of halogens is 3. The van der Waals surface area contributed by atoms with Gasteiger partial charge >= 0.3 is 21.4 Å². The van der Waals surface area contributed by atoms with Gasteiger partial charge in [-0.25, -0.2) is 8.42 Å². The number of carbonyl (C=O) groups excluding carboxylic acids is 3. The maximum absolute atomic E-state index is 13.6. The number of rotatable bonds is 8. The molecule has 11 nitrogen and oxygen atoms in total. The van der Waals surface area contributed by atoms with E-state index in [1.165, 1.54) is 17.0 Å². The number of hydrogen-bond donors (Lipinski definition) is 1. The molecule has 3 heterocycles. The summed E-state index contributed by atoms with van der Waals surface area (Å²) in [6, 6.07) is 5.01. The fourth-order valence-electron chi connectivity index (χ4n) is 5.02. The highest BCUT2D eigenvalue weighted by atomic mass is 32.2. The zero-order valence-corrected chi connectivity index (χ0v) is 22.3. The lowest BCUT2D eigenvalue weighted by atomic mass is 10.0. The van der Waals surface area contributed by atoms with Crippen LogP contribution >= 0.6 is 0 Å². The van der Waals surface area contributed by atoms with Gasteiger partial charge in [-0.1, -0.05) is 13.8 Å². The summed E-state index contributed by atoms with van der Waals surface area (Å²) in [4.78, 5) is 40.8. The molecule has 2 amide bonds. The van der Waals surface area contributed by atoms with Gasteiger partial charge in [-0.2, -0.15) is 9.04 Å². The number of ether oxygens (including phenoxy) is 1. The average Bonchev–Trinajstić information content (AvgIpc) is 3.44. The van der Waals surface area contributed by atoms with Gasteiger partial charge in [0.15, 0.2) is 12.0 Å². The average molecular weight is 585 g/mol. The van der Waals surface area contributed by atoms with Crippen molar-refractivity contribution in [1.82, 2.24) is 14.5 Å². The molecule has 1 N–H and O–H groups in total. The molecule has 0 saturated carbocycles. The van der Waals surface area contributed by atoms with Gasteiger partial charge in [-0.05, 0) is 49.1 Å². The second-order valence-electron chi connectivity index (χ2n) is 9.94. The van der Waals surface area contributed by atoms with Crippen LogP contribution in [0, 0.1) is 11.1 Å². The standard InChI is InChI=1S/C25H27F3N4O7S/c1-15(2)13-18(29-23(34)16-6-8-17(9-7-16)39-25(26,27)28)24(35)30-12-10-19-22(30)20(33)14-32(19)40(37,38)21-5-3-4-11-31(21)36/h3-9,11,15,18-19,22H,10,12-14H2,1-2H3,(H,29,34). The maximum atomic E-state index is 13.6. The highest BCUT2D eigenvalue weighted by Crippen LogP contribution is 2.34. The summed E-state index contributed by atoms with van der Waals surface area (Å²) in [5, 5.41) is 14.2. The van der Waals surface area contributed by atoms with E-state index in [1.807, 2.05) is 13.8 Å². The summed E-state index contributed by atoms with van der Waals surface area (Å²) in [5.74, 6) is -2.41. The number of likely N-dealkylation sites (tertiary alicyclic amines) is 1. The molecule has 216 valence electrons. The second kappa shape index (κ2) is 11.0. The number of benzene rings is 1. The zero-order chi connectivity index (χ0) is 29.4. The summed E-state index contributed by atoms with van der Waals surface area (Å²) in [6.45, 7) is 3.17. The molecule has 4 rings (SSSR count). The third-order valence-electron chi connectivity index (χ3n) is 6.68. The molecule has 0 bridgehead atoms. The Hall–Kier alpha value is -3.72. The van der Waals surface area contributed by atoms with Crippen molar-refractivity contribution >= 4 is 27.6 Å². The number of nitrogens with zero attached hydrogens (tertiary/aromatic N) is 3. The summed E-state index contributed by atoms with van der Waals surface area (Å²) >= 11 is 0. The Balaban J connectivity index is 1.52. The zero-order valence-electron chi connectivity index (χ0n) is 21.5. The van der Waals surface area contributed by atoms with Crippen molar-refractivity contribution < 1.29 is 45.4 Å². The molecule has 3 unspecified atom stereocenters. The first-order valence-electron chi connectivity index (χ1n) is 12.4. The van der Waals surface area contributed by atoms with Gasteiger partial charge in [-0.3, -0.25) is 14.4 Å². The van der Waals surface area contributed by atoms with E-state index < -0.39 is 69.4 Å². The molecule has 2 saturated heterocycles. The Morgan fingerprint density at radius 1 is 1.18 bits per heavy atom. The van der Waals surface area contributed by atoms with Gasteiger partial charge in [0.1, 0.15) is 17.8 Å². The summed E-state index contributed by atoms with van der Waals surface area (Å²) in [5.41, 5.74) is -0.0154. The monoisotopic (exact) mass is 584 g/mol. The predicted molar refractivity (Wildman–Crippen MR) is 132 cm³/mol. The van der Waals surface area contributed by atoms with Crippen LogP contribution in [-0.4, -0.2) is 72.8 Å². The van der Waals surface area contributed by atoms with Gasteiger partial charge < -0.3 is 20.2 Å². The van der Waals surface area contributed by atoms with E-state index in [0.717, 1.165) is 40.8 Å². The number of hydrogen-bond acceptors (Lipinski definition) is 7. The maximum Gasteiger partial charge on any atom is 0.573 e. The predicted octanol–water partition coefficient (Wildman–Crippen LogP) is 1.61. The number of carbonyl (C=O) groups is 3. The number of fused-ring (bicyclic) bond motifs is 1. The van der Waals surface area contributed by atoms with E-state index in [0.29, 0.717) is 0 Å².